The van der Waals surface area contributed by atoms with E-state index in [1.165, 1.54) is 35.6 Å². The van der Waals surface area contributed by atoms with Crippen molar-refractivity contribution < 1.29 is 17.9 Å². The molecule has 1 amide bonds. The number of primary sulfonamides is 1. The Hall–Kier alpha value is -3.47. The molecule has 0 unspecified atom stereocenters. The number of nitrogen functional groups attached to an aromatic ring is 1. The van der Waals surface area contributed by atoms with E-state index in [2.05, 4.69) is 10.3 Å². The molecule has 4 rings (SSSR count). The van der Waals surface area contributed by atoms with Gasteiger partial charge in [-0.05, 0) is 60.7 Å². The van der Waals surface area contributed by atoms with Crippen LogP contribution in [0, 0.1) is 0 Å². The minimum Gasteiger partial charge on any atom is -0.497 e. The van der Waals surface area contributed by atoms with Crippen LogP contribution in [0.25, 0.3) is 21.5 Å². The van der Waals surface area contributed by atoms with Gasteiger partial charge in [-0.3, -0.25) is 4.79 Å². The van der Waals surface area contributed by atoms with Gasteiger partial charge in [0.15, 0.2) is 0 Å². The summed E-state index contributed by atoms with van der Waals surface area (Å²) in [5, 5.41) is 8.49. The number of aromatic nitrogens is 1. The summed E-state index contributed by atoms with van der Waals surface area (Å²) in [5.74, 6) is 0.344. The monoisotopic (exact) mass is 454 g/mol. The first-order chi connectivity index (χ1) is 14.8. The zero-order valence-electron chi connectivity index (χ0n) is 16.3. The highest BCUT2D eigenvalue weighted by atomic mass is 32.2. The van der Waals surface area contributed by atoms with E-state index >= 15 is 0 Å². The van der Waals surface area contributed by atoms with Crippen LogP contribution < -0.4 is 20.9 Å². The lowest BCUT2D eigenvalue weighted by Crippen LogP contribution is -2.13. The number of thiophene rings is 1. The molecule has 0 aliphatic heterocycles. The van der Waals surface area contributed by atoms with Crippen molar-refractivity contribution in [3.63, 3.8) is 0 Å². The van der Waals surface area contributed by atoms with Crippen molar-refractivity contribution in [2.45, 2.75) is 4.90 Å². The molecule has 0 bridgehead atoms. The van der Waals surface area contributed by atoms with E-state index in [4.69, 9.17) is 15.6 Å². The second-order valence-electron chi connectivity index (χ2n) is 6.65. The van der Waals surface area contributed by atoms with Crippen molar-refractivity contribution >= 4 is 48.9 Å². The molecule has 158 valence electrons. The normalized spacial score (nSPS) is 11.4. The van der Waals surface area contributed by atoms with Crippen LogP contribution in [-0.4, -0.2) is 26.4 Å². The molecule has 0 radical (unpaired) electrons. The molecule has 0 aliphatic rings. The summed E-state index contributed by atoms with van der Waals surface area (Å²) in [4.78, 5) is 18.3. The van der Waals surface area contributed by atoms with Gasteiger partial charge in [0.05, 0.1) is 23.4 Å². The summed E-state index contributed by atoms with van der Waals surface area (Å²) < 4.78 is 27.9. The van der Waals surface area contributed by atoms with E-state index in [0.717, 1.165) is 17.0 Å². The Morgan fingerprint density at radius 3 is 2.32 bits per heavy atom. The Kier molecular flexibility index (Phi) is 5.36. The van der Waals surface area contributed by atoms with Crippen LogP contribution in [-0.2, 0) is 10.0 Å². The number of hydrogen-bond donors (Lipinski definition) is 3. The van der Waals surface area contributed by atoms with Crippen LogP contribution in [0.4, 0.5) is 11.4 Å². The van der Waals surface area contributed by atoms with Crippen molar-refractivity contribution in [2.24, 2.45) is 5.14 Å². The summed E-state index contributed by atoms with van der Waals surface area (Å²) in [6, 6.07) is 16.8. The molecule has 10 heteroatoms. The van der Waals surface area contributed by atoms with E-state index < -0.39 is 15.9 Å². The third-order valence-electron chi connectivity index (χ3n) is 4.63. The summed E-state index contributed by atoms with van der Waals surface area (Å²) in [6.07, 6.45) is 0. The van der Waals surface area contributed by atoms with Crippen LogP contribution in [0.3, 0.4) is 0 Å². The summed E-state index contributed by atoms with van der Waals surface area (Å²) in [5.41, 5.74) is 8.62. The number of carbonyl (C=O) groups is 1. The van der Waals surface area contributed by atoms with E-state index in [0.29, 0.717) is 26.5 Å². The van der Waals surface area contributed by atoms with Crippen molar-refractivity contribution in [3.8, 4) is 17.0 Å². The lowest BCUT2D eigenvalue weighted by Gasteiger charge is -2.05. The number of rotatable bonds is 5. The van der Waals surface area contributed by atoms with Crippen molar-refractivity contribution in [1.29, 1.82) is 0 Å². The van der Waals surface area contributed by atoms with E-state index in [1.54, 1.807) is 7.11 Å². The van der Waals surface area contributed by atoms with Crippen molar-refractivity contribution in [2.75, 3.05) is 18.2 Å². The van der Waals surface area contributed by atoms with Gasteiger partial charge in [-0.1, -0.05) is 0 Å². The summed E-state index contributed by atoms with van der Waals surface area (Å²) in [7, 11) is -2.20. The minimum atomic E-state index is -3.80. The molecule has 4 aromatic rings. The van der Waals surface area contributed by atoms with Gasteiger partial charge in [0.2, 0.25) is 10.0 Å². The highest BCUT2D eigenvalue weighted by Gasteiger charge is 2.18. The number of methoxy groups -OCH3 is 1. The number of hydrogen-bond acceptors (Lipinski definition) is 7. The largest absolute Gasteiger partial charge is 0.497 e. The quantitative estimate of drug-likeness (QED) is 0.422. The number of ether oxygens (including phenoxy) is 1. The van der Waals surface area contributed by atoms with Gasteiger partial charge in [-0.2, -0.15) is 0 Å². The number of nitrogens with one attached hydrogen (secondary N) is 1. The van der Waals surface area contributed by atoms with Gasteiger partial charge < -0.3 is 15.8 Å². The fourth-order valence-corrected chi connectivity index (χ4v) is 4.51. The van der Waals surface area contributed by atoms with E-state index in [-0.39, 0.29) is 4.90 Å². The predicted octanol–water partition coefficient (Wildman–Crippen LogP) is 3.45. The zero-order valence-corrected chi connectivity index (χ0v) is 18.0. The number of nitrogens with zero attached hydrogens (tertiary/aromatic N) is 1. The van der Waals surface area contributed by atoms with Crippen molar-refractivity contribution in [1.82, 2.24) is 4.98 Å². The number of sulfonamides is 1. The molecule has 0 spiro atoms. The van der Waals surface area contributed by atoms with Gasteiger partial charge in [0, 0.05) is 16.6 Å². The second kappa shape index (κ2) is 7.99. The molecule has 2 aromatic heterocycles. The zero-order chi connectivity index (χ0) is 22.2. The maximum Gasteiger partial charge on any atom is 0.267 e. The average Bonchev–Trinajstić information content (AvgIpc) is 3.09. The molecule has 2 heterocycles. The van der Waals surface area contributed by atoms with Crippen LogP contribution in [0.2, 0.25) is 0 Å². The number of amides is 1. The van der Waals surface area contributed by atoms with Gasteiger partial charge in [0.1, 0.15) is 15.5 Å². The topological polar surface area (TPSA) is 137 Å². The Bertz CT molecular complexity index is 1380. The number of carbonyl (C=O) groups excluding carboxylic acids is 1. The van der Waals surface area contributed by atoms with Crippen LogP contribution in [0.15, 0.2) is 65.6 Å². The standard InChI is InChI=1S/C21H18N4O4S2/c1-29-14-6-2-12(3-7-14)17-11-10-16-18(22)19(30-21(16)25-17)20(26)24-13-4-8-15(9-5-13)31(23,27)28/h2-11H,22H2,1H3,(H,24,26)(H2,23,27,28). The fraction of sp³-hybridized carbons (Fsp3) is 0.0476. The molecular weight excluding hydrogens is 436 g/mol. The number of fused-ring (bicyclic) bond motifs is 1. The summed E-state index contributed by atoms with van der Waals surface area (Å²) in [6.45, 7) is 0. The molecule has 0 aliphatic carbocycles. The molecule has 0 saturated heterocycles. The smallest absolute Gasteiger partial charge is 0.267 e. The Labute approximate surface area is 182 Å². The molecular formula is C21H18N4O4S2. The number of pyridine rings is 1. The third kappa shape index (κ3) is 4.22. The fourth-order valence-electron chi connectivity index (χ4n) is 3.00. The average molecular weight is 455 g/mol. The maximum absolute atomic E-state index is 12.7. The van der Waals surface area contributed by atoms with Crippen LogP contribution >= 0.6 is 11.3 Å². The SMILES string of the molecule is COc1ccc(-c2ccc3c(N)c(C(=O)Nc4ccc(S(N)(=O)=O)cc4)sc3n2)cc1. The summed E-state index contributed by atoms with van der Waals surface area (Å²) >= 11 is 1.19. The molecule has 5 N–H and O–H groups in total. The van der Waals surface area contributed by atoms with Gasteiger partial charge in [-0.15, -0.1) is 11.3 Å². The number of nitrogens with two attached hydrogens (primary N) is 2. The Morgan fingerprint density at radius 2 is 1.71 bits per heavy atom. The van der Waals surface area contributed by atoms with E-state index in [9.17, 15) is 13.2 Å². The number of benzene rings is 2. The first-order valence-corrected chi connectivity index (χ1v) is 11.4. The highest BCUT2D eigenvalue weighted by molar-refractivity contribution is 7.89. The highest BCUT2D eigenvalue weighted by Crippen LogP contribution is 2.35. The van der Waals surface area contributed by atoms with Gasteiger partial charge in [-0.25, -0.2) is 18.5 Å². The molecule has 0 saturated carbocycles. The lowest BCUT2D eigenvalue weighted by molar-refractivity contribution is 0.103. The first-order valence-electron chi connectivity index (χ1n) is 9.04. The second-order valence-corrected chi connectivity index (χ2v) is 9.21. The number of anilines is 2. The Morgan fingerprint density at radius 1 is 1.03 bits per heavy atom. The molecule has 0 fully saturated rings. The lowest BCUT2D eigenvalue weighted by atomic mass is 10.1. The third-order valence-corrected chi connectivity index (χ3v) is 6.67. The van der Waals surface area contributed by atoms with Crippen LogP contribution in [0.1, 0.15) is 9.67 Å². The molecule has 0 atom stereocenters. The van der Waals surface area contributed by atoms with E-state index in [1.807, 2.05) is 36.4 Å². The molecule has 2 aromatic carbocycles. The van der Waals surface area contributed by atoms with Crippen LogP contribution in [0.5, 0.6) is 5.75 Å². The minimum absolute atomic E-state index is 0.0397. The molecule has 31 heavy (non-hydrogen) atoms. The molecule has 8 nitrogen and oxygen atoms in total. The maximum atomic E-state index is 12.7. The first kappa shape index (κ1) is 20.8. The van der Waals surface area contributed by atoms with Crippen molar-refractivity contribution in [3.05, 3.63) is 65.5 Å². The van der Waals surface area contributed by atoms with Gasteiger partial charge >= 0.3 is 0 Å². The van der Waals surface area contributed by atoms with Gasteiger partial charge in [0.25, 0.3) is 5.91 Å². The predicted molar refractivity (Wildman–Crippen MR) is 122 cm³/mol. The Balaban J connectivity index is 1.61.